The molecule has 31 heavy (non-hydrogen) atoms. The molecule has 2 rings (SSSR count). The van der Waals surface area contributed by atoms with E-state index < -0.39 is 21.8 Å². The highest BCUT2D eigenvalue weighted by Gasteiger charge is 2.30. The van der Waals surface area contributed by atoms with Gasteiger partial charge in [-0.05, 0) is 70.7 Å². The van der Waals surface area contributed by atoms with Crippen LogP contribution in [0.5, 0.6) is 0 Å². The van der Waals surface area contributed by atoms with E-state index in [1.54, 1.807) is 0 Å². The maximum atomic E-state index is 13.3. The Morgan fingerprint density at radius 2 is 1.84 bits per heavy atom. The van der Waals surface area contributed by atoms with Crippen molar-refractivity contribution < 1.29 is 21.9 Å². The van der Waals surface area contributed by atoms with Crippen LogP contribution < -0.4 is 4.72 Å². The van der Waals surface area contributed by atoms with Gasteiger partial charge in [0.05, 0.1) is 11.8 Å². The van der Waals surface area contributed by atoms with Crippen molar-refractivity contribution in [3.8, 4) is 0 Å². The number of hydrogen-bond acceptors (Lipinski definition) is 4. The molecule has 1 N–H and O–H groups in total. The first-order valence-electron chi connectivity index (χ1n) is 10.8. The third-order valence-electron chi connectivity index (χ3n) is 5.68. The van der Waals surface area contributed by atoms with Gasteiger partial charge in [-0.1, -0.05) is 6.08 Å². The van der Waals surface area contributed by atoms with Crippen LogP contribution in [0.2, 0.25) is 0 Å². The average molecular weight is 460 g/mol. The van der Waals surface area contributed by atoms with Crippen molar-refractivity contribution in [1.29, 1.82) is 0 Å². The quantitative estimate of drug-likeness (QED) is 0.355. The molecule has 0 amide bonds. The number of rotatable bonds is 13. The van der Waals surface area contributed by atoms with E-state index in [2.05, 4.69) is 23.2 Å². The maximum Gasteiger partial charge on any atom is 0.301 e. The minimum Gasteiger partial charge on any atom is -0.378 e. The number of unbranched alkanes of at least 4 members (excludes halogenated alkanes) is 2. The van der Waals surface area contributed by atoms with E-state index in [0.29, 0.717) is 12.8 Å². The molecule has 0 unspecified atom stereocenters. The fraction of sp³-hybridized carbons (Fsp3) is 0.636. The molecule has 0 atom stereocenters. The Hall–Kier alpha value is -1.55. The fourth-order valence-electron chi connectivity index (χ4n) is 3.77. The number of nitrogens with zero attached hydrogens (tertiary/aromatic N) is 2. The second kappa shape index (κ2) is 12.5. The number of ether oxygens (including phenoxy) is 1. The summed E-state index contributed by atoms with van der Waals surface area (Å²) in [5.74, 6) is -2.11. The normalized spacial score (nSPS) is 19.7. The van der Waals surface area contributed by atoms with Gasteiger partial charge in [0, 0.05) is 32.3 Å². The van der Waals surface area contributed by atoms with Crippen LogP contribution in [0.3, 0.4) is 0 Å². The van der Waals surface area contributed by atoms with Crippen LogP contribution in [0.4, 0.5) is 14.5 Å². The predicted octanol–water partition coefficient (Wildman–Crippen LogP) is 4.17. The van der Waals surface area contributed by atoms with Gasteiger partial charge in [0.25, 0.3) is 0 Å². The molecule has 9 heteroatoms. The van der Waals surface area contributed by atoms with Crippen molar-refractivity contribution >= 4 is 15.9 Å². The lowest BCUT2D eigenvalue weighted by atomic mass is 9.93. The third kappa shape index (κ3) is 8.48. The Bertz CT molecular complexity index is 799. The molecule has 1 aliphatic carbocycles. The van der Waals surface area contributed by atoms with Crippen molar-refractivity contribution in [3.05, 3.63) is 42.5 Å². The summed E-state index contributed by atoms with van der Waals surface area (Å²) in [5, 5.41) is 0. The molecule has 1 saturated carbocycles. The highest BCUT2D eigenvalue weighted by molar-refractivity contribution is 7.90. The largest absolute Gasteiger partial charge is 0.378 e. The van der Waals surface area contributed by atoms with Gasteiger partial charge in [-0.25, -0.2) is 8.78 Å². The van der Waals surface area contributed by atoms with Crippen molar-refractivity contribution in [1.82, 2.24) is 9.21 Å². The molecule has 0 aromatic heterocycles. The molecular formula is C22H35F2N3O3S. The number of anilines is 1. The zero-order valence-electron chi connectivity index (χ0n) is 18.5. The van der Waals surface area contributed by atoms with Crippen molar-refractivity contribution in [2.75, 3.05) is 38.5 Å². The summed E-state index contributed by atoms with van der Waals surface area (Å²) in [6.45, 7) is 6.42. The first-order valence-corrected chi connectivity index (χ1v) is 12.3. The topological polar surface area (TPSA) is 61.9 Å². The minimum atomic E-state index is -3.86. The molecule has 1 fully saturated rings. The molecule has 0 aliphatic heterocycles. The molecule has 0 radical (unpaired) electrons. The van der Waals surface area contributed by atoms with E-state index in [0.717, 1.165) is 63.9 Å². The zero-order chi connectivity index (χ0) is 22.9. The smallest absolute Gasteiger partial charge is 0.301 e. The summed E-state index contributed by atoms with van der Waals surface area (Å²) in [5.41, 5.74) is -0.00143. The molecule has 0 spiro atoms. The number of hydrogen-bond donors (Lipinski definition) is 1. The van der Waals surface area contributed by atoms with Gasteiger partial charge in [0.15, 0.2) is 11.6 Å². The Labute approximate surface area is 185 Å². The van der Waals surface area contributed by atoms with Crippen LogP contribution in [0.25, 0.3) is 0 Å². The van der Waals surface area contributed by atoms with E-state index in [9.17, 15) is 17.2 Å². The van der Waals surface area contributed by atoms with Crippen molar-refractivity contribution in [2.45, 2.75) is 57.1 Å². The molecule has 1 aromatic rings. The summed E-state index contributed by atoms with van der Waals surface area (Å²) in [4.78, 5) is 2.24. The van der Waals surface area contributed by atoms with Crippen LogP contribution in [-0.4, -0.2) is 63.6 Å². The highest BCUT2D eigenvalue weighted by atomic mass is 32.2. The Kier molecular flexibility index (Phi) is 10.3. The first-order chi connectivity index (χ1) is 14.7. The van der Waals surface area contributed by atoms with E-state index in [1.165, 1.54) is 17.4 Å². The van der Waals surface area contributed by atoms with Gasteiger partial charge < -0.3 is 9.64 Å². The molecule has 6 nitrogen and oxygen atoms in total. The standard InChI is InChI=1S/C22H35F2N3O3S/c1-4-14-26(2)15-6-5-7-16-30-20-11-9-19(10-12-20)27(3)31(28,29)25-18-8-13-21(23)22(24)17-18/h4,8,13,17,19-20,25H,1,5-7,9-12,14-16H2,2-3H3/t19-,20-. The Balaban J connectivity index is 1.69. The van der Waals surface area contributed by atoms with Crippen LogP contribution in [-0.2, 0) is 14.9 Å². The summed E-state index contributed by atoms with van der Waals surface area (Å²) < 4.78 is 61.2. The Morgan fingerprint density at radius 1 is 1.13 bits per heavy atom. The van der Waals surface area contributed by atoms with Gasteiger partial charge in [-0.2, -0.15) is 12.7 Å². The van der Waals surface area contributed by atoms with Crippen LogP contribution in [0.1, 0.15) is 44.9 Å². The van der Waals surface area contributed by atoms with E-state index in [-0.39, 0.29) is 17.8 Å². The van der Waals surface area contributed by atoms with Gasteiger partial charge in [-0.15, -0.1) is 6.58 Å². The third-order valence-corrected chi connectivity index (χ3v) is 7.23. The minimum absolute atomic E-state index is 0.00143. The van der Waals surface area contributed by atoms with E-state index in [4.69, 9.17) is 4.74 Å². The van der Waals surface area contributed by atoms with Crippen molar-refractivity contribution in [3.63, 3.8) is 0 Å². The lowest BCUT2D eigenvalue weighted by molar-refractivity contribution is 0.0156. The van der Waals surface area contributed by atoms with Crippen LogP contribution >= 0.6 is 0 Å². The summed E-state index contributed by atoms with van der Waals surface area (Å²) >= 11 is 0. The average Bonchev–Trinajstić information content (AvgIpc) is 2.73. The summed E-state index contributed by atoms with van der Waals surface area (Å²) in [7, 11) is -0.259. The lowest BCUT2D eigenvalue weighted by Crippen LogP contribution is -2.43. The number of benzene rings is 1. The maximum absolute atomic E-state index is 13.3. The highest BCUT2D eigenvalue weighted by Crippen LogP contribution is 2.27. The predicted molar refractivity (Wildman–Crippen MR) is 120 cm³/mol. The Morgan fingerprint density at radius 3 is 2.48 bits per heavy atom. The SMILES string of the molecule is C=CCN(C)CCCCCO[C@H]1CC[C@H](N(C)S(=O)(=O)Nc2ccc(F)c(F)c2)CC1. The molecule has 1 aliphatic rings. The fourth-order valence-corrected chi connectivity index (χ4v) is 4.95. The van der Waals surface area contributed by atoms with Crippen molar-refractivity contribution in [2.24, 2.45) is 0 Å². The molecular weight excluding hydrogens is 424 g/mol. The van der Waals surface area contributed by atoms with Crippen LogP contribution in [0, 0.1) is 11.6 Å². The first kappa shape index (κ1) is 25.7. The molecule has 0 heterocycles. The number of nitrogens with one attached hydrogen (secondary N) is 1. The van der Waals surface area contributed by atoms with E-state index in [1.807, 2.05) is 6.08 Å². The van der Waals surface area contributed by atoms with Gasteiger partial charge in [0.2, 0.25) is 0 Å². The molecule has 0 saturated heterocycles. The molecule has 176 valence electrons. The lowest BCUT2D eigenvalue weighted by Gasteiger charge is -2.34. The summed E-state index contributed by atoms with van der Waals surface area (Å²) in [6, 6.07) is 2.78. The number of likely N-dealkylation sites (N-methyl/N-ethyl adjacent to an activating group) is 1. The monoisotopic (exact) mass is 459 g/mol. The van der Waals surface area contributed by atoms with Gasteiger partial charge in [-0.3, -0.25) is 4.72 Å². The number of halogens is 2. The van der Waals surface area contributed by atoms with Crippen LogP contribution in [0.15, 0.2) is 30.9 Å². The molecule has 1 aromatic carbocycles. The summed E-state index contributed by atoms with van der Waals surface area (Å²) in [6.07, 6.45) is 8.35. The second-order valence-electron chi connectivity index (χ2n) is 8.17. The van der Waals surface area contributed by atoms with E-state index >= 15 is 0 Å². The second-order valence-corrected chi connectivity index (χ2v) is 9.90. The molecule has 0 bridgehead atoms. The van der Waals surface area contributed by atoms with Gasteiger partial charge >= 0.3 is 10.2 Å². The zero-order valence-corrected chi connectivity index (χ0v) is 19.3. The van der Waals surface area contributed by atoms with Gasteiger partial charge in [0.1, 0.15) is 0 Å².